The molecule has 7 nitrogen and oxygen atoms in total. The zero-order chi connectivity index (χ0) is 16.8. The Bertz CT molecular complexity index is 1060. The van der Waals surface area contributed by atoms with E-state index in [2.05, 4.69) is 36.2 Å². The topological polar surface area (TPSA) is 84.3 Å². The Balaban J connectivity index is 1.53. The summed E-state index contributed by atoms with van der Waals surface area (Å²) in [6.45, 7) is 2.05. The Morgan fingerprint density at radius 2 is 2.12 bits per heavy atom. The summed E-state index contributed by atoms with van der Waals surface area (Å²) >= 11 is 0. The van der Waals surface area contributed by atoms with Gasteiger partial charge in [0.05, 0.1) is 29.1 Å². The quantitative estimate of drug-likeness (QED) is 0.594. The van der Waals surface area contributed by atoms with Gasteiger partial charge < -0.3 is 5.32 Å². The maximum atomic E-state index is 4.75. The largest absolute Gasteiger partial charge is 0.336 e. The van der Waals surface area contributed by atoms with Gasteiger partial charge in [-0.25, -0.2) is 9.67 Å². The van der Waals surface area contributed by atoms with E-state index in [-0.39, 0.29) is 0 Å². The lowest BCUT2D eigenvalue weighted by molar-refractivity contribution is 0.476. The predicted octanol–water partition coefficient (Wildman–Crippen LogP) is 3.87. The molecule has 1 fully saturated rings. The number of H-pyrrole nitrogens is 1. The average Bonchev–Trinajstić information content (AvgIpc) is 3.36. The number of nitrogens with zero attached hydrogens (tertiary/aromatic N) is 5. The lowest BCUT2D eigenvalue weighted by Crippen LogP contribution is -2.07. The van der Waals surface area contributed by atoms with Crippen LogP contribution in [0, 0.1) is 6.92 Å². The molecule has 25 heavy (non-hydrogen) atoms. The Hall–Kier alpha value is -2.96. The Morgan fingerprint density at radius 1 is 1.24 bits per heavy atom. The van der Waals surface area contributed by atoms with Crippen LogP contribution in [0.15, 0.2) is 30.6 Å². The number of hydrogen-bond acceptors (Lipinski definition) is 5. The number of aryl methyl sites for hydroxylation is 1. The van der Waals surface area contributed by atoms with E-state index in [1.54, 1.807) is 6.20 Å². The molecule has 0 bridgehead atoms. The first-order valence-corrected chi connectivity index (χ1v) is 8.70. The zero-order valence-electron chi connectivity index (χ0n) is 14.0. The van der Waals surface area contributed by atoms with E-state index in [0.29, 0.717) is 11.9 Å². The number of rotatable bonds is 3. The van der Waals surface area contributed by atoms with Crippen LogP contribution >= 0.6 is 0 Å². The molecule has 1 aliphatic carbocycles. The van der Waals surface area contributed by atoms with Crippen molar-refractivity contribution in [2.75, 3.05) is 5.32 Å². The van der Waals surface area contributed by atoms with Crippen molar-refractivity contribution in [1.82, 2.24) is 29.9 Å². The molecule has 126 valence electrons. The van der Waals surface area contributed by atoms with Gasteiger partial charge >= 0.3 is 0 Å². The number of anilines is 2. The fourth-order valence-corrected chi connectivity index (χ4v) is 3.72. The van der Waals surface area contributed by atoms with Crippen molar-refractivity contribution in [3.8, 4) is 0 Å². The van der Waals surface area contributed by atoms with E-state index in [9.17, 15) is 0 Å². The smallest absolute Gasteiger partial charge is 0.178 e. The first kappa shape index (κ1) is 14.4. The molecule has 0 saturated heterocycles. The van der Waals surface area contributed by atoms with Crippen molar-refractivity contribution in [3.05, 3.63) is 36.3 Å². The molecule has 0 spiro atoms. The molecule has 1 saturated carbocycles. The number of nitrogens with one attached hydrogen (secondary N) is 2. The Kier molecular flexibility index (Phi) is 3.19. The lowest BCUT2D eigenvalue weighted by Gasteiger charge is -2.10. The van der Waals surface area contributed by atoms with Crippen molar-refractivity contribution in [3.63, 3.8) is 0 Å². The van der Waals surface area contributed by atoms with Crippen LogP contribution < -0.4 is 5.32 Å². The molecule has 0 aromatic carbocycles. The monoisotopic (exact) mass is 333 g/mol. The first-order valence-electron chi connectivity index (χ1n) is 8.70. The van der Waals surface area contributed by atoms with Crippen LogP contribution in [0.4, 0.5) is 11.5 Å². The predicted molar refractivity (Wildman–Crippen MR) is 96.9 cm³/mol. The summed E-state index contributed by atoms with van der Waals surface area (Å²) in [6.07, 6.45) is 8.57. The van der Waals surface area contributed by atoms with Gasteiger partial charge in [0.1, 0.15) is 5.52 Å². The molecular formula is C18H19N7. The van der Waals surface area contributed by atoms with Crippen LogP contribution in [0.5, 0.6) is 0 Å². The minimum atomic E-state index is 0.488. The third kappa shape index (κ3) is 2.34. The summed E-state index contributed by atoms with van der Waals surface area (Å²) < 4.78 is 2.12. The average molecular weight is 333 g/mol. The molecule has 0 atom stereocenters. The van der Waals surface area contributed by atoms with Gasteiger partial charge in [-0.15, -0.1) is 0 Å². The van der Waals surface area contributed by atoms with Gasteiger partial charge in [0.15, 0.2) is 11.5 Å². The molecule has 0 unspecified atom stereocenters. The molecule has 5 rings (SSSR count). The standard InChI is InChI=1S/C18H19N7/c1-11-14-9-12(21-17-16-15(22-23-17)7-4-8-19-16)10-20-18(14)25(24-11)13-5-2-3-6-13/h4,7-10,13H,2-3,5-6H2,1H3,(H2,21,22,23). The molecule has 4 heterocycles. The fourth-order valence-electron chi connectivity index (χ4n) is 3.72. The Morgan fingerprint density at radius 3 is 3.00 bits per heavy atom. The third-order valence-corrected chi connectivity index (χ3v) is 4.98. The molecule has 4 aromatic heterocycles. The second-order valence-electron chi connectivity index (χ2n) is 6.66. The highest BCUT2D eigenvalue weighted by Crippen LogP contribution is 2.33. The maximum absolute atomic E-state index is 4.75. The number of pyridine rings is 2. The summed E-state index contributed by atoms with van der Waals surface area (Å²) in [6, 6.07) is 6.43. The van der Waals surface area contributed by atoms with Gasteiger partial charge in [0, 0.05) is 11.6 Å². The summed E-state index contributed by atoms with van der Waals surface area (Å²) in [5, 5.41) is 16.5. The maximum Gasteiger partial charge on any atom is 0.178 e. The molecule has 0 radical (unpaired) electrons. The number of hydrogen-bond donors (Lipinski definition) is 2. The van der Waals surface area contributed by atoms with E-state index >= 15 is 0 Å². The highest BCUT2D eigenvalue weighted by atomic mass is 15.3. The van der Waals surface area contributed by atoms with Crippen molar-refractivity contribution in [2.24, 2.45) is 0 Å². The molecule has 0 aliphatic heterocycles. The fraction of sp³-hybridized carbons (Fsp3) is 0.333. The minimum Gasteiger partial charge on any atom is -0.336 e. The molecule has 0 amide bonds. The van der Waals surface area contributed by atoms with Crippen LogP contribution in [0.1, 0.15) is 37.4 Å². The van der Waals surface area contributed by atoms with Crippen LogP contribution in [0.2, 0.25) is 0 Å². The van der Waals surface area contributed by atoms with Gasteiger partial charge in [-0.2, -0.15) is 10.2 Å². The van der Waals surface area contributed by atoms with Gasteiger partial charge in [-0.05, 0) is 38.0 Å². The molecule has 7 heteroatoms. The highest BCUT2D eigenvalue weighted by molar-refractivity contribution is 5.89. The number of aromatic amines is 1. The molecular weight excluding hydrogens is 314 g/mol. The van der Waals surface area contributed by atoms with E-state index in [1.807, 2.05) is 25.3 Å². The normalized spacial score (nSPS) is 15.4. The number of aromatic nitrogens is 6. The third-order valence-electron chi connectivity index (χ3n) is 4.98. The second kappa shape index (κ2) is 5.54. The SMILES string of the molecule is Cc1nn(C2CCCC2)c2ncc(Nc3n[nH]c4cccnc34)cc12. The minimum absolute atomic E-state index is 0.488. The molecule has 4 aromatic rings. The lowest BCUT2D eigenvalue weighted by atomic mass is 10.2. The van der Waals surface area contributed by atoms with Crippen molar-refractivity contribution in [2.45, 2.75) is 38.6 Å². The van der Waals surface area contributed by atoms with Crippen LogP contribution in [-0.4, -0.2) is 29.9 Å². The molecule has 2 N–H and O–H groups in total. The molecule has 1 aliphatic rings. The Labute approximate surface area is 144 Å². The highest BCUT2D eigenvalue weighted by Gasteiger charge is 2.21. The summed E-state index contributed by atoms with van der Waals surface area (Å²) in [7, 11) is 0. The van der Waals surface area contributed by atoms with Gasteiger partial charge in [-0.1, -0.05) is 12.8 Å². The van der Waals surface area contributed by atoms with Gasteiger partial charge in [0.25, 0.3) is 0 Å². The summed E-state index contributed by atoms with van der Waals surface area (Å²) in [5.74, 6) is 0.706. The number of fused-ring (bicyclic) bond motifs is 2. The van der Waals surface area contributed by atoms with E-state index in [0.717, 1.165) is 33.4 Å². The summed E-state index contributed by atoms with van der Waals surface area (Å²) in [4.78, 5) is 9.07. The van der Waals surface area contributed by atoms with E-state index in [4.69, 9.17) is 5.10 Å². The van der Waals surface area contributed by atoms with Gasteiger partial charge in [0.2, 0.25) is 0 Å². The second-order valence-corrected chi connectivity index (χ2v) is 6.66. The summed E-state index contributed by atoms with van der Waals surface area (Å²) in [5.41, 5.74) is 4.61. The first-order chi connectivity index (χ1) is 12.3. The van der Waals surface area contributed by atoms with Crippen LogP contribution in [0.25, 0.3) is 22.1 Å². The van der Waals surface area contributed by atoms with Gasteiger partial charge in [-0.3, -0.25) is 10.1 Å². The van der Waals surface area contributed by atoms with Crippen LogP contribution in [0.3, 0.4) is 0 Å². The van der Waals surface area contributed by atoms with Crippen LogP contribution in [-0.2, 0) is 0 Å². The zero-order valence-corrected chi connectivity index (χ0v) is 14.0. The van der Waals surface area contributed by atoms with E-state index < -0.39 is 0 Å². The van der Waals surface area contributed by atoms with Crippen molar-refractivity contribution in [1.29, 1.82) is 0 Å². The van der Waals surface area contributed by atoms with Crippen molar-refractivity contribution >= 4 is 33.6 Å². The van der Waals surface area contributed by atoms with E-state index in [1.165, 1.54) is 25.7 Å². The van der Waals surface area contributed by atoms with Crippen molar-refractivity contribution < 1.29 is 0 Å².